The molecule has 0 aliphatic carbocycles. The number of likely N-dealkylation sites (tertiary alicyclic amines) is 1. The van der Waals surface area contributed by atoms with E-state index < -0.39 is 36.0 Å². The molecule has 0 aromatic heterocycles. The fraction of sp³-hybridized carbons (Fsp3) is 0.450. The third kappa shape index (κ3) is 4.92. The number of hydrogen-bond donors (Lipinski definition) is 2. The number of carbonyl (C=O) groups excluding carboxylic acids is 3. The van der Waals surface area contributed by atoms with Gasteiger partial charge >= 0.3 is 5.97 Å². The number of nitrogens with one attached hydrogen (secondary N) is 1. The van der Waals surface area contributed by atoms with Crippen LogP contribution in [0.5, 0.6) is 0 Å². The zero-order chi connectivity index (χ0) is 20.7. The molecule has 28 heavy (non-hydrogen) atoms. The Kier molecular flexibility index (Phi) is 7.63. The summed E-state index contributed by atoms with van der Waals surface area (Å²) >= 11 is 0. The van der Waals surface area contributed by atoms with Gasteiger partial charge in [-0.05, 0) is 26.7 Å². The number of nitrogens with zero attached hydrogens (tertiary/aromatic N) is 1. The number of hydrogen-bond acceptors (Lipinski definition) is 6. The van der Waals surface area contributed by atoms with E-state index in [-0.39, 0.29) is 12.2 Å². The van der Waals surface area contributed by atoms with Crippen LogP contribution in [-0.2, 0) is 19.1 Å². The van der Waals surface area contributed by atoms with Crippen LogP contribution in [0.4, 0.5) is 0 Å². The fourth-order valence-electron chi connectivity index (χ4n) is 3.18. The van der Waals surface area contributed by atoms with Crippen LogP contribution in [0.3, 0.4) is 0 Å². The third-order valence-electron chi connectivity index (χ3n) is 4.58. The van der Waals surface area contributed by atoms with Crippen molar-refractivity contribution in [3.05, 3.63) is 41.5 Å². The highest BCUT2D eigenvalue weighted by molar-refractivity contribution is 6.13. The Morgan fingerprint density at radius 1 is 1.32 bits per heavy atom. The molecule has 1 aromatic carbocycles. The average Bonchev–Trinajstić information content (AvgIpc) is 3.18. The zero-order valence-corrected chi connectivity index (χ0v) is 15.9. The maximum absolute atomic E-state index is 12.7. The molecule has 1 aliphatic rings. The van der Waals surface area contributed by atoms with Gasteiger partial charge in [0.1, 0.15) is 23.8 Å². The zero-order valence-electron chi connectivity index (χ0n) is 15.9. The second-order valence-electron chi connectivity index (χ2n) is 6.46. The van der Waals surface area contributed by atoms with Gasteiger partial charge in [-0.2, -0.15) is 0 Å². The van der Waals surface area contributed by atoms with E-state index in [1.54, 1.807) is 50.1 Å². The second kappa shape index (κ2) is 9.94. The number of rotatable bonds is 9. The van der Waals surface area contributed by atoms with Crippen molar-refractivity contribution in [1.82, 2.24) is 10.2 Å². The van der Waals surface area contributed by atoms with Gasteiger partial charge in [0, 0.05) is 18.7 Å². The van der Waals surface area contributed by atoms with Gasteiger partial charge in [0.05, 0.1) is 6.04 Å². The lowest BCUT2D eigenvalue weighted by molar-refractivity contribution is -0.149. The van der Waals surface area contributed by atoms with Crippen LogP contribution in [0.2, 0.25) is 0 Å². The van der Waals surface area contributed by atoms with E-state index in [9.17, 15) is 24.3 Å². The molecule has 1 aromatic rings. The third-order valence-corrected chi connectivity index (χ3v) is 4.58. The molecule has 2 N–H and O–H groups in total. The lowest BCUT2D eigenvalue weighted by Crippen LogP contribution is -2.52. The van der Waals surface area contributed by atoms with Crippen molar-refractivity contribution in [2.45, 2.75) is 45.0 Å². The van der Waals surface area contributed by atoms with Gasteiger partial charge in [0.15, 0.2) is 0 Å². The van der Waals surface area contributed by atoms with E-state index >= 15 is 0 Å². The van der Waals surface area contributed by atoms with Crippen LogP contribution in [0, 0.1) is 0 Å². The van der Waals surface area contributed by atoms with Crippen LogP contribution >= 0.6 is 0 Å². The van der Waals surface area contributed by atoms with Crippen molar-refractivity contribution in [3.8, 4) is 0 Å². The van der Waals surface area contributed by atoms with Crippen molar-refractivity contribution >= 4 is 23.6 Å². The van der Waals surface area contributed by atoms with Gasteiger partial charge < -0.3 is 14.7 Å². The summed E-state index contributed by atoms with van der Waals surface area (Å²) in [6.45, 7) is 3.77. The number of ketones is 1. The topological polar surface area (TPSA) is 113 Å². The Hall–Kier alpha value is -2.80. The average molecular weight is 388 g/mol. The summed E-state index contributed by atoms with van der Waals surface area (Å²) in [4.78, 5) is 49.5. The molecular formula is C20H24N2O6. The van der Waals surface area contributed by atoms with Crippen molar-refractivity contribution in [2.24, 2.45) is 0 Å². The Morgan fingerprint density at radius 3 is 2.57 bits per heavy atom. The van der Waals surface area contributed by atoms with E-state index in [0.29, 0.717) is 24.9 Å². The molecule has 3 atom stereocenters. The largest absolute Gasteiger partial charge is 0.480 e. The molecule has 1 unspecified atom stereocenters. The number of carboxylic acid groups (broad SMARTS) is 1. The molecule has 1 fully saturated rings. The van der Waals surface area contributed by atoms with Gasteiger partial charge in [-0.1, -0.05) is 30.3 Å². The fourth-order valence-corrected chi connectivity index (χ4v) is 3.18. The number of carboxylic acids is 1. The summed E-state index contributed by atoms with van der Waals surface area (Å²) in [6, 6.07) is 6.50. The maximum atomic E-state index is 12.7. The summed E-state index contributed by atoms with van der Waals surface area (Å²) in [5.41, 5.74) is 0.0284. The van der Waals surface area contributed by atoms with Crippen molar-refractivity contribution < 1.29 is 29.0 Å². The monoisotopic (exact) mass is 388 g/mol. The molecule has 8 nitrogen and oxygen atoms in total. The summed E-state index contributed by atoms with van der Waals surface area (Å²) < 4.78 is 5.48. The van der Waals surface area contributed by atoms with Crippen molar-refractivity contribution in [3.63, 3.8) is 0 Å². The molecule has 1 amide bonds. The van der Waals surface area contributed by atoms with Crippen LogP contribution in [0.1, 0.15) is 37.0 Å². The Bertz CT molecular complexity index is 772. The Labute approximate surface area is 163 Å². The molecule has 1 aliphatic heterocycles. The highest BCUT2D eigenvalue weighted by atomic mass is 16.5. The quantitative estimate of drug-likeness (QED) is 0.281. The number of aliphatic carboxylic acids is 1. The van der Waals surface area contributed by atoms with Gasteiger partial charge in [-0.3, -0.25) is 14.9 Å². The second-order valence-corrected chi connectivity index (χ2v) is 6.46. The first-order valence-corrected chi connectivity index (χ1v) is 9.16. The van der Waals surface area contributed by atoms with Gasteiger partial charge in [0.2, 0.25) is 11.7 Å². The maximum Gasteiger partial charge on any atom is 0.326 e. The molecular weight excluding hydrogens is 364 g/mol. The van der Waals surface area contributed by atoms with Crippen LogP contribution in [-0.4, -0.2) is 65.1 Å². The van der Waals surface area contributed by atoms with Crippen LogP contribution in [0.25, 0.3) is 0 Å². The summed E-state index contributed by atoms with van der Waals surface area (Å²) in [5, 5.41) is 12.1. The van der Waals surface area contributed by atoms with Crippen LogP contribution < -0.4 is 5.32 Å². The number of Topliss-reactive ketones (excluding diaryl/α,β-unsaturated/α-hetero) is 1. The lowest BCUT2D eigenvalue weighted by Gasteiger charge is -2.28. The normalized spacial score (nSPS) is 18.2. The first kappa shape index (κ1) is 21.5. The minimum Gasteiger partial charge on any atom is -0.480 e. The Morgan fingerprint density at radius 2 is 2.00 bits per heavy atom. The van der Waals surface area contributed by atoms with E-state index in [0.717, 1.165) is 0 Å². The molecule has 8 heteroatoms. The number of carbonyl (C=O) groups is 3. The smallest absolute Gasteiger partial charge is 0.326 e. The van der Waals surface area contributed by atoms with E-state index in [1.807, 2.05) is 0 Å². The molecule has 0 saturated carbocycles. The molecule has 150 valence electrons. The molecule has 2 rings (SSSR count). The standard InChI is InChI=1S/C20H24N2O6/c1-3-28-18(15(12-23)17(24)14-8-5-4-6-9-14)21-13(2)19(25)22-11-7-10-16(22)20(26)27/h4-6,8-9,13,16,18,21H,3,7,10-11H2,1-2H3,(H,26,27)/t13-,16-,18?/m0/s1. The van der Waals surface area contributed by atoms with Gasteiger partial charge in [0.25, 0.3) is 0 Å². The van der Waals surface area contributed by atoms with Gasteiger partial charge in [-0.25, -0.2) is 9.59 Å². The molecule has 0 radical (unpaired) electrons. The summed E-state index contributed by atoms with van der Waals surface area (Å²) in [5.74, 6) is -0.387. The predicted molar refractivity (Wildman–Crippen MR) is 100 cm³/mol. The molecule has 1 saturated heterocycles. The minimum absolute atomic E-state index is 0.188. The van der Waals surface area contributed by atoms with E-state index in [4.69, 9.17) is 4.74 Å². The first-order valence-electron chi connectivity index (χ1n) is 9.16. The Balaban J connectivity index is 2.16. The SMILES string of the molecule is CCOC(N[C@@H](C)C(=O)N1CCC[C@H]1C(=O)O)C(=C=O)C(=O)c1ccccc1. The molecule has 0 spiro atoms. The van der Waals surface area contributed by atoms with E-state index in [2.05, 4.69) is 5.32 Å². The number of ether oxygens (including phenoxy) is 1. The summed E-state index contributed by atoms with van der Waals surface area (Å²) in [7, 11) is 0. The minimum atomic E-state index is -1.14. The summed E-state index contributed by atoms with van der Waals surface area (Å²) in [6.07, 6.45) is -0.134. The molecule has 0 bridgehead atoms. The predicted octanol–water partition coefficient (Wildman–Crippen LogP) is 1.04. The number of amides is 1. The highest BCUT2D eigenvalue weighted by Gasteiger charge is 2.37. The van der Waals surface area contributed by atoms with Crippen molar-refractivity contribution in [1.29, 1.82) is 0 Å². The number of benzene rings is 1. The van der Waals surface area contributed by atoms with Crippen molar-refractivity contribution in [2.75, 3.05) is 13.2 Å². The first-order chi connectivity index (χ1) is 13.4. The highest BCUT2D eigenvalue weighted by Crippen LogP contribution is 2.19. The van der Waals surface area contributed by atoms with Crippen LogP contribution in [0.15, 0.2) is 35.9 Å². The molecule has 1 heterocycles. The van der Waals surface area contributed by atoms with Gasteiger partial charge in [-0.15, -0.1) is 0 Å². The van der Waals surface area contributed by atoms with E-state index in [1.165, 1.54) is 4.90 Å². The lowest BCUT2D eigenvalue weighted by atomic mass is 10.0.